The second-order valence-electron chi connectivity index (χ2n) is 3.57. The van der Waals surface area contributed by atoms with Gasteiger partial charge in [0.1, 0.15) is 16.9 Å². The van der Waals surface area contributed by atoms with E-state index in [2.05, 4.69) is 4.98 Å². The Labute approximate surface area is 103 Å². The lowest BCUT2D eigenvalue weighted by atomic mass is 10.3. The van der Waals surface area contributed by atoms with Gasteiger partial charge in [-0.15, -0.1) is 11.3 Å². The molecular weight excluding hydrogens is 237 g/mol. The van der Waals surface area contributed by atoms with E-state index in [0.29, 0.717) is 12.2 Å². The van der Waals surface area contributed by atoms with Crippen LogP contribution in [0.3, 0.4) is 0 Å². The summed E-state index contributed by atoms with van der Waals surface area (Å²) in [5.74, 6) is -0.247. The number of anilines is 1. The van der Waals surface area contributed by atoms with Gasteiger partial charge in [0, 0.05) is 18.1 Å². The maximum Gasteiger partial charge on any atom is 0.151 e. The van der Waals surface area contributed by atoms with E-state index < -0.39 is 0 Å². The monoisotopic (exact) mass is 247 g/mol. The Hall–Kier alpha value is -1.93. The summed E-state index contributed by atoms with van der Waals surface area (Å²) in [6.45, 7) is 0.609. The van der Waals surface area contributed by atoms with Crippen molar-refractivity contribution in [1.29, 1.82) is 5.26 Å². The SMILES string of the molecule is CN(Cc1nc(C#N)cs1)c1ccc(F)cc1. The molecule has 5 heteroatoms. The molecule has 0 amide bonds. The average molecular weight is 247 g/mol. The molecule has 0 saturated heterocycles. The van der Waals surface area contributed by atoms with Crippen LogP contribution in [-0.2, 0) is 6.54 Å². The molecule has 2 rings (SSSR count). The minimum absolute atomic E-state index is 0.247. The van der Waals surface area contributed by atoms with Crippen molar-refractivity contribution >= 4 is 17.0 Å². The zero-order valence-electron chi connectivity index (χ0n) is 9.22. The number of benzene rings is 1. The first kappa shape index (κ1) is 11.6. The molecule has 0 saturated carbocycles. The maximum absolute atomic E-state index is 12.8. The van der Waals surface area contributed by atoms with Crippen molar-refractivity contribution in [2.75, 3.05) is 11.9 Å². The first-order valence-corrected chi connectivity index (χ1v) is 5.88. The van der Waals surface area contributed by atoms with Crippen LogP contribution >= 0.6 is 11.3 Å². The Bertz CT molecular complexity index is 542. The van der Waals surface area contributed by atoms with Crippen LogP contribution in [-0.4, -0.2) is 12.0 Å². The van der Waals surface area contributed by atoms with Gasteiger partial charge in [-0.3, -0.25) is 0 Å². The normalized spacial score (nSPS) is 9.94. The Kier molecular flexibility index (Phi) is 3.35. The van der Waals surface area contributed by atoms with Gasteiger partial charge in [-0.2, -0.15) is 5.26 Å². The lowest BCUT2D eigenvalue weighted by molar-refractivity contribution is 0.627. The zero-order chi connectivity index (χ0) is 12.3. The van der Waals surface area contributed by atoms with Crippen molar-refractivity contribution in [2.45, 2.75) is 6.54 Å². The van der Waals surface area contributed by atoms with Crippen LogP contribution in [0.1, 0.15) is 10.7 Å². The molecule has 0 unspecified atom stereocenters. The van der Waals surface area contributed by atoms with Gasteiger partial charge in [0.05, 0.1) is 6.54 Å². The van der Waals surface area contributed by atoms with Crippen LogP contribution in [0.5, 0.6) is 0 Å². The smallest absolute Gasteiger partial charge is 0.151 e. The number of aromatic nitrogens is 1. The summed E-state index contributed by atoms with van der Waals surface area (Å²) >= 11 is 1.45. The number of thiazole rings is 1. The maximum atomic E-state index is 12.8. The van der Waals surface area contributed by atoms with Gasteiger partial charge in [-0.1, -0.05) is 0 Å². The summed E-state index contributed by atoms with van der Waals surface area (Å²) < 4.78 is 12.8. The Balaban J connectivity index is 2.08. The molecule has 0 fully saturated rings. The fraction of sp³-hybridized carbons (Fsp3) is 0.167. The molecule has 17 heavy (non-hydrogen) atoms. The largest absolute Gasteiger partial charge is 0.368 e. The molecule has 0 bridgehead atoms. The first-order chi connectivity index (χ1) is 8.19. The molecule has 1 aromatic carbocycles. The molecule has 0 N–H and O–H groups in total. The number of nitrogens with zero attached hydrogens (tertiary/aromatic N) is 3. The molecular formula is C12H10FN3S. The average Bonchev–Trinajstić information content (AvgIpc) is 2.77. The van der Waals surface area contributed by atoms with Gasteiger partial charge in [0.2, 0.25) is 0 Å². The van der Waals surface area contributed by atoms with Crippen molar-refractivity contribution in [3.8, 4) is 6.07 Å². The van der Waals surface area contributed by atoms with E-state index in [0.717, 1.165) is 10.7 Å². The zero-order valence-corrected chi connectivity index (χ0v) is 10.0. The van der Waals surface area contributed by atoms with Crippen molar-refractivity contribution in [3.05, 3.63) is 46.2 Å². The quantitative estimate of drug-likeness (QED) is 0.837. The third-order valence-corrected chi connectivity index (χ3v) is 3.14. The summed E-state index contributed by atoms with van der Waals surface area (Å²) in [6.07, 6.45) is 0. The summed E-state index contributed by atoms with van der Waals surface area (Å²) in [7, 11) is 1.90. The number of rotatable bonds is 3. The van der Waals surface area contributed by atoms with Crippen LogP contribution in [0.2, 0.25) is 0 Å². The highest BCUT2D eigenvalue weighted by Crippen LogP contribution is 2.17. The molecule has 0 radical (unpaired) electrons. The fourth-order valence-corrected chi connectivity index (χ4v) is 2.20. The van der Waals surface area contributed by atoms with Gasteiger partial charge in [0.15, 0.2) is 5.69 Å². The fourth-order valence-electron chi connectivity index (χ4n) is 1.42. The standard InChI is InChI=1S/C12H10FN3S/c1-16(11-4-2-9(13)3-5-11)7-12-15-10(6-14)8-17-12/h2-5,8H,7H2,1H3. The molecule has 2 aromatic rings. The highest BCUT2D eigenvalue weighted by atomic mass is 32.1. The number of hydrogen-bond acceptors (Lipinski definition) is 4. The summed E-state index contributed by atoms with van der Waals surface area (Å²) in [5.41, 5.74) is 1.36. The van der Waals surface area contributed by atoms with Crippen LogP contribution < -0.4 is 4.90 Å². The van der Waals surface area contributed by atoms with Gasteiger partial charge in [-0.05, 0) is 24.3 Å². The number of nitriles is 1. The highest BCUT2D eigenvalue weighted by Gasteiger charge is 2.06. The minimum atomic E-state index is -0.247. The second-order valence-corrected chi connectivity index (χ2v) is 4.51. The van der Waals surface area contributed by atoms with Crippen LogP contribution in [0.25, 0.3) is 0 Å². The Morgan fingerprint density at radius 3 is 2.71 bits per heavy atom. The van der Waals surface area contributed by atoms with Gasteiger partial charge in [-0.25, -0.2) is 9.37 Å². The van der Waals surface area contributed by atoms with Crippen molar-refractivity contribution < 1.29 is 4.39 Å². The summed E-state index contributed by atoms with van der Waals surface area (Å²) in [5, 5.41) is 11.3. The second kappa shape index (κ2) is 4.93. The minimum Gasteiger partial charge on any atom is -0.368 e. The van der Waals surface area contributed by atoms with E-state index in [1.54, 1.807) is 17.5 Å². The molecule has 0 atom stereocenters. The van der Waals surface area contributed by atoms with Crippen LogP contribution in [0, 0.1) is 17.1 Å². The molecule has 3 nitrogen and oxygen atoms in total. The topological polar surface area (TPSA) is 39.9 Å². The first-order valence-electron chi connectivity index (χ1n) is 5.00. The molecule has 0 aliphatic heterocycles. The molecule has 0 aliphatic carbocycles. The van der Waals surface area contributed by atoms with E-state index in [1.165, 1.54) is 23.5 Å². The van der Waals surface area contributed by atoms with E-state index in [9.17, 15) is 4.39 Å². The van der Waals surface area contributed by atoms with E-state index in [-0.39, 0.29) is 5.82 Å². The summed E-state index contributed by atoms with van der Waals surface area (Å²) in [4.78, 5) is 6.11. The molecule has 1 aromatic heterocycles. The van der Waals surface area contributed by atoms with Gasteiger partial charge < -0.3 is 4.90 Å². The third-order valence-electron chi connectivity index (χ3n) is 2.31. The van der Waals surface area contributed by atoms with Crippen molar-refractivity contribution in [3.63, 3.8) is 0 Å². The number of halogens is 1. The van der Waals surface area contributed by atoms with Crippen LogP contribution in [0.15, 0.2) is 29.6 Å². The molecule has 0 spiro atoms. The lowest BCUT2D eigenvalue weighted by Crippen LogP contribution is -2.16. The molecule has 0 aliphatic rings. The van der Waals surface area contributed by atoms with E-state index >= 15 is 0 Å². The van der Waals surface area contributed by atoms with E-state index in [1.807, 2.05) is 18.0 Å². The van der Waals surface area contributed by atoms with Crippen molar-refractivity contribution in [2.24, 2.45) is 0 Å². The van der Waals surface area contributed by atoms with Crippen molar-refractivity contribution in [1.82, 2.24) is 4.98 Å². The third kappa shape index (κ3) is 2.80. The lowest BCUT2D eigenvalue weighted by Gasteiger charge is -2.17. The van der Waals surface area contributed by atoms with Crippen LogP contribution in [0.4, 0.5) is 10.1 Å². The van der Waals surface area contributed by atoms with Gasteiger partial charge >= 0.3 is 0 Å². The predicted molar refractivity (Wildman–Crippen MR) is 65.3 cm³/mol. The number of hydrogen-bond donors (Lipinski definition) is 0. The Morgan fingerprint density at radius 1 is 1.41 bits per heavy atom. The predicted octanol–water partition coefficient (Wildman–Crippen LogP) is 2.79. The summed E-state index contributed by atoms with van der Waals surface area (Å²) in [6, 6.07) is 8.28. The highest BCUT2D eigenvalue weighted by molar-refractivity contribution is 7.09. The molecule has 1 heterocycles. The van der Waals surface area contributed by atoms with E-state index in [4.69, 9.17) is 5.26 Å². The van der Waals surface area contributed by atoms with Gasteiger partial charge in [0.25, 0.3) is 0 Å². The molecule has 86 valence electrons. The Morgan fingerprint density at radius 2 is 2.12 bits per heavy atom.